The van der Waals surface area contributed by atoms with Gasteiger partial charge < -0.3 is 5.73 Å². The maximum absolute atomic E-state index is 13.6. The van der Waals surface area contributed by atoms with Gasteiger partial charge in [-0.1, -0.05) is 32.5 Å². The van der Waals surface area contributed by atoms with Crippen LogP contribution in [0.1, 0.15) is 38.7 Å². The molecule has 7 heteroatoms. The van der Waals surface area contributed by atoms with E-state index in [-0.39, 0.29) is 26.9 Å². The van der Waals surface area contributed by atoms with Crippen LogP contribution in [-0.4, -0.2) is 19.4 Å². The molecule has 0 saturated heterocycles. The minimum Gasteiger partial charge on any atom is -0.389 e. The maximum atomic E-state index is 13.6. The van der Waals surface area contributed by atoms with Crippen LogP contribution in [0.25, 0.3) is 0 Å². The van der Waals surface area contributed by atoms with Crippen molar-refractivity contribution in [3.63, 3.8) is 0 Å². The second-order valence-corrected chi connectivity index (χ2v) is 8.21. The molecule has 1 saturated carbocycles. The van der Waals surface area contributed by atoms with E-state index < -0.39 is 15.8 Å². The normalized spacial score (nSPS) is 21.4. The lowest BCUT2D eigenvalue weighted by molar-refractivity contribution is 0.313. The molecule has 1 fully saturated rings. The molecule has 1 unspecified atom stereocenters. The lowest BCUT2D eigenvalue weighted by atomic mass is 9.88. The van der Waals surface area contributed by atoms with Gasteiger partial charge >= 0.3 is 0 Å². The van der Waals surface area contributed by atoms with Gasteiger partial charge in [-0.05, 0) is 36.5 Å². The summed E-state index contributed by atoms with van der Waals surface area (Å²) >= 11 is 4.73. The summed E-state index contributed by atoms with van der Waals surface area (Å²) in [4.78, 5) is -0.180. The van der Waals surface area contributed by atoms with Crippen molar-refractivity contribution in [3.05, 3.63) is 29.6 Å². The Labute approximate surface area is 130 Å². The molecule has 3 N–H and O–H groups in total. The van der Waals surface area contributed by atoms with Crippen molar-refractivity contribution >= 4 is 27.2 Å². The van der Waals surface area contributed by atoms with Crippen LogP contribution < -0.4 is 10.5 Å². The van der Waals surface area contributed by atoms with Gasteiger partial charge in [-0.3, -0.25) is 0 Å². The Hall–Kier alpha value is -1.05. The number of halogens is 1. The number of thiocarbonyl (C=S) groups is 1. The molecular weight excluding hydrogens is 311 g/mol. The van der Waals surface area contributed by atoms with E-state index in [1.807, 2.05) is 13.8 Å². The number of hydrogen-bond donors (Lipinski definition) is 2. The van der Waals surface area contributed by atoms with Crippen LogP contribution in [0.3, 0.4) is 0 Å². The zero-order chi connectivity index (χ0) is 15.8. The van der Waals surface area contributed by atoms with Gasteiger partial charge in [-0.15, -0.1) is 0 Å². The Kier molecular flexibility index (Phi) is 4.37. The number of nitrogens with two attached hydrogens (primary N) is 1. The fourth-order valence-corrected chi connectivity index (χ4v) is 4.29. The lowest BCUT2D eigenvalue weighted by Gasteiger charge is -2.27. The van der Waals surface area contributed by atoms with Crippen molar-refractivity contribution in [1.29, 1.82) is 0 Å². The first-order valence-corrected chi connectivity index (χ1v) is 8.64. The van der Waals surface area contributed by atoms with Crippen molar-refractivity contribution in [2.75, 3.05) is 0 Å². The highest BCUT2D eigenvalue weighted by molar-refractivity contribution is 7.89. The van der Waals surface area contributed by atoms with E-state index >= 15 is 0 Å². The minimum absolute atomic E-state index is 0.0191. The molecule has 0 aliphatic heterocycles. The molecular formula is C14H19FN2O2S2. The predicted octanol–water partition coefficient (Wildman–Crippen LogP) is 2.32. The number of sulfonamides is 1. The van der Waals surface area contributed by atoms with Gasteiger partial charge in [0.15, 0.2) is 0 Å². The zero-order valence-corrected chi connectivity index (χ0v) is 13.7. The quantitative estimate of drug-likeness (QED) is 0.831. The summed E-state index contributed by atoms with van der Waals surface area (Å²) in [6.07, 6.45) is 2.76. The number of rotatable bonds is 4. The average molecular weight is 330 g/mol. The van der Waals surface area contributed by atoms with E-state index in [0.29, 0.717) is 0 Å². The number of benzene rings is 1. The monoisotopic (exact) mass is 330 g/mol. The summed E-state index contributed by atoms with van der Waals surface area (Å²) in [7, 11) is -3.72. The lowest BCUT2D eigenvalue weighted by Crippen LogP contribution is -2.41. The van der Waals surface area contributed by atoms with Crippen molar-refractivity contribution < 1.29 is 12.8 Å². The largest absolute Gasteiger partial charge is 0.389 e. The second kappa shape index (κ2) is 5.62. The van der Waals surface area contributed by atoms with Crippen LogP contribution in [0, 0.1) is 11.2 Å². The van der Waals surface area contributed by atoms with E-state index in [9.17, 15) is 12.8 Å². The molecule has 0 heterocycles. The molecule has 0 aromatic heterocycles. The highest BCUT2D eigenvalue weighted by atomic mass is 32.2. The zero-order valence-electron chi connectivity index (χ0n) is 12.0. The molecule has 1 aliphatic rings. The van der Waals surface area contributed by atoms with E-state index in [0.717, 1.165) is 25.3 Å². The van der Waals surface area contributed by atoms with Crippen LogP contribution in [0.2, 0.25) is 0 Å². The van der Waals surface area contributed by atoms with Gasteiger partial charge in [-0.25, -0.2) is 17.5 Å². The molecule has 21 heavy (non-hydrogen) atoms. The topological polar surface area (TPSA) is 72.2 Å². The standard InChI is InChI=1S/C14H19FN2O2S2/c1-14(2)7-3-4-12(14)17-21(18,19)9-5-6-11(15)10(8-9)13(16)20/h5-6,8,12,17H,3-4,7H2,1-2H3,(H2,16,20). The Bertz CT molecular complexity index is 672. The van der Waals surface area contributed by atoms with E-state index in [1.165, 1.54) is 12.1 Å². The van der Waals surface area contributed by atoms with Crippen molar-refractivity contribution in [2.24, 2.45) is 11.1 Å². The van der Waals surface area contributed by atoms with E-state index in [1.54, 1.807) is 0 Å². The fraction of sp³-hybridized carbons (Fsp3) is 0.500. The molecule has 1 aromatic carbocycles. The third-order valence-corrected chi connectivity index (χ3v) is 5.76. The molecule has 0 amide bonds. The summed E-state index contributed by atoms with van der Waals surface area (Å²) in [5.41, 5.74) is 5.27. The summed E-state index contributed by atoms with van der Waals surface area (Å²) < 4.78 is 41.2. The van der Waals surface area contributed by atoms with Crippen molar-refractivity contribution in [1.82, 2.24) is 4.72 Å². The Morgan fingerprint density at radius 2 is 2.14 bits per heavy atom. The Morgan fingerprint density at radius 3 is 2.67 bits per heavy atom. The molecule has 116 valence electrons. The summed E-state index contributed by atoms with van der Waals surface area (Å²) in [5, 5.41) is 0. The van der Waals surface area contributed by atoms with Gasteiger partial charge in [-0.2, -0.15) is 0 Å². The molecule has 1 atom stereocenters. The van der Waals surface area contributed by atoms with Gasteiger partial charge in [0.1, 0.15) is 10.8 Å². The Morgan fingerprint density at radius 1 is 1.48 bits per heavy atom. The highest BCUT2D eigenvalue weighted by Crippen LogP contribution is 2.37. The molecule has 4 nitrogen and oxygen atoms in total. The van der Waals surface area contributed by atoms with Crippen LogP contribution in [0.4, 0.5) is 4.39 Å². The maximum Gasteiger partial charge on any atom is 0.240 e. The fourth-order valence-electron chi connectivity index (χ4n) is 2.66. The first kappa shape index (κ1) is 16.3. The summed E-state index contributed by atoms with van der Waals surface area (Å²) in [6, 6.07) is 3.35. The minimum atomic E-state index is -3.72. The third kappa shape index (κ3) is 3.41. The van der Waals surface area contributed by atoms with E-state index in [2.05, 4.69) is 4.72 Å². The summed E-state index contributed by atoms with van der Waals surface area (Å²) in [5.74, 6) is -0.623. The average Bonchev–Trinajstić information content (AvgIpc) is 2.68. The predicted molar refractivity (Wildman–Crippen MR) is 84.0 cm³/mol. The molecule has 0 bridgehead atoms. The first-order valence-electron chi connectivity index (χ1n) is 6.75. The van der Waals surface area contributed by atoms with Crippen LogP contribution >= 0.6 is 12.2 Å². The number of hydrogen-bond acceptors (Lipinski definition) is 3. The second-order valence-electron chi connectivity index (χ2n) is 6.06. The summed E-state index contributed by atoms with van der Waals surface area (Å²) in [6.45, 7) is 4.08. The van der Waals surface area contributed by atoms with Gasteiger partial charge in [0.2, 0.25) is 10.0 Å². The van der Waals surface area contributed by atoms with Crippen molar-refractivity contribution in [3.8, 4) is 0 Å². The Balaban J connectivity index is 2.32. The van der Waals surface area contributed by atoms with Gasteiger partial charge in [0, 0.05) is 11.6 Å². The molecule has 2 rings (SSSR count). The first-order chi connectivity index (χ1) is 9.63. The van der Waals surface area contributed by atoms with Gasteiger partial charge in [0.25, 0.3) is 0 Å². The molecule has 1 aliphatic carbocycles. The highest BCUT2D eigenvalue weighted by Gasteiger charge is 2.37. The van der Waals surface area contributed by atoms with Gasteiger partial charge in [0.05, 0.1) is 4.90 Å². The van der Waals surface area contributed by atoms with Crippen LogP contribution in [-0.2, 0) is 10.0 Å². The number of nitrogens with one attached hydrogen (secondary N) is 1. The smallest absolute Gasteiger partial charge is 0.240 e. The molecule has 0 spiro atoms. The SMILES string of the molecule is CC1(C)CCCC1NS(=O)(=O)c1ccc(F)c(C(N)=S)c1. The molecule has 1 aromatic rings. The van der Waals surface area contributed by atoms with E-state index in [4.69, 9.17) is 18.0 Å². The van der Waals surface area contributed by atoms with Crippen LogP contribution in [0.5, 0.6) is 0 Å². The van der Waals surface area contributed by atoms with Crippen molar-refractivity contribution in [2.45, 2.75) is 44.0 Å². The molecule has 0 radical (unpaired) electrons. The van der Waals surface area contributed by atoms with Crippen LogP contribution in [0.15, 0.2) is 23.1 Å². The third-order valence-electron chi connectivity index (χ3n) is 4.07.